The lowest BCUT2D eigenvalue weighted by molar-refractivity contribution is 0.0443. The van der Waals surface area contributed by atoms with E-state index in [-0.39, 0.29) is 39.6 Å². The van der Waals surface area contributed by atoms with Gasteiger partial charge in [0.15, 0.2) is 0 Å². The molecule has 12 aromatic rings. The van der Waals surface area contributed by atoms with Crippen LogP contribution in [0.3, 0.4) is 0 Å². The Bertz CT molecular complexity index is 5300. The largest absolute Gasteiger partial charge is 0.490 e. The molecule has 0 heterocycles. The molecule has 0 aromatic heterocycles. The van der Waals surface area contributed by atoms with Gasteiger partial charge in [-0.05, 0) is 118 Å². The third-order valence-corrected chi connectivity index (χ3v) is 19.7. The van der Waals surface area contributed by atoms with Gasteiger partial charge in [0.1, 0.15) is 60.8 Å². The third kappa shape index (κ3) is 10.6. The van der Waals surface area contributed by atoms with Crippen LogP contribution < -0.4 is 9.47 Å². The number of hydrogen-bond acceptors (Lipinski definition) is 14. The molecule has 103 heavy (non-hydrogen) atoms. The Morgan fingerprint density at radius 2 is 0.515 bits per heavy atom. The fourth-order valence-corrected chi connectivity index (χ4v) is 15.5. The van der Waals surface area contributed by atoms with Gasteiger partial charge in [0, 0.05) is 66.8 Å². The zero-order chi connectivity index (χ0) is 69.7. The number of fused-ring (bicyclic) bond motifs is 15. The van der Waals surface area contributed by atoms with Crippen molar-refractivity contribution in [1.82, 2.24) is 0 Å². The van der Waals surface area contributed by atoms with E-state index in [4.69, 9.17) is 48.8 Å². The van der Waals surface area contributed by atoms with Gasteiger partial charge < -0.3 is 28.4 Å². The van der Waals surface area contributed by atoms with Crippen molar-refractivity contribution in [2.45, 2.75) is 19.3 Å². The predicted molar refractivity (Wildman–Crippen MR) is 397 cm³/mol. The van der Waals surface area contributed by atoms with Crippen LogP contribution in [0.5, 0.6) is 11.5 Å². The number of hydrogen-bond donors (Lipinski definition) is 0. The normalized spacial score (nSPS) is 14.7. The molecule has 0 unspecified atom stereocenters. The van der Waals surface area contributed by atoms with Gasteiger partial charge in [-0.3, -0.25) is 0 Å². The molecule has 0 saturated carbocycles. The maximum atomic E-state index is 14.2. The molecule has 17 rings (SSSR count). The van der Waals surface area contributed by atoms with Crippen LogP contribution in [0.2, 0.25) is 0 Å². The lowest BCUT2D eigenvalue weighted by atomic mass is 9.68. The van der Waals surface area contributed by atoms with E-state index in [0.29, 0.717) is 67.7 Å². The van der Waals surface area contributed by atoms with Crippen LogP contribution in [-0.4, -0.2) is 86.4 Å². The van der Waals surface area contributed by atoms with E-state index in [2.05, 4.69) is 72.8 Å². The molecule has 0 radical (unpaired) electrons. The van der Waals surface area contributed by atoms with Crippen LogP contribution in [-0.2, 0) is 24.4 Å². The van der Waals surface area contributed by atoms with Crippen LogP contribution in [0.25, 0.3) is 55.6 Å². The molecule has 0 aliphatic heterocycles. The minimum atomic E-state index is -0.723. The number of carbonyl (C=O) groups is 4. The fourth-order valence-electron chi connectivity index (χ4n) is 15.5. The second kappa shape index (κ2) is 26.5. The Morgan fingerprint density at radius 1 is 0.262 bits per heavy atom. The number of esters is 4. The zero-order valence-electron chi connectivity index (χ0n) is 56.0. The molecule has 0 fully saturated rings. The van der Waals surface area contributed by atoms with Crippen molar-refractivity contribution in [3.05, 3.63) is 356 Å². The first-order valence-corrected chi connectivity index (χ1v) is 34.3. The van der Waals surface area contributed by atoms with E-state index in [9.17, 15) is 19.2 Å². The lowest BCUT2D eigenvalue weighted by Crippen LogP contribution is -2.28. The highest BCUT2D eigenvalue weighted by atomic mass is 16.6. The number of benzene rings is 12. The van der Waals surface area contributed by atoms with Gasteiger partial charge in [0.2, 0.25) is 0 Å². The summed E-state index contributed by atoms with van der Waals surface area (Å²) in [5, 5.41) is 19.7. The number of rotatable bonds is 18. The molecule has 5 aliphatic carbocycles. The van der Waals surface area contributed by atoms with E-state index < -0.39 is 29.3 Å². The average Bonchev–Trinajstić information content (AvgIpc) is 1.56. The van der Waals surface area contributed by atoms with Crippen molar-refractivity contribution in [1.29, 1.82) is 0 Å². The molecular formula is C89H62N4O10. The quantitative estimate of drug-likeness (QED) is 0.0348. The van der Waals surface area contributed by atoms with Gasteiger partial charge in [-0.1, -0.05) is 218 Å². The second-order valence-corrected chi connectivity index (χ2v) is 25.2. The van der Waals surface area contributed by atoms with Crippen LogP contribution >= 0.6 is 0 Å². The first-order valence-electron chi connectivity index (χ1n) is 34.3. The van der Waals surface area contributed by atoms with Crippen molar-refractivity contribution in [3.63, 3.8) is 0 Å². The SMILES string of the molecule is CCOC(=O)c1cccc2c1-c1ccccc1/C2=N\N=C1/c2ccccc2-c2c(C(=O)OCCOc3ccc(C4(c5ccc(OCCOC(=O)c6cccc7c6-c6ccccc6/C7=N\N=C6/c7ccccc7-c7c(C(=O)OCC)cccc76)cc5)c5ccccc5-c5ccccc54)cc3)cccc21. The molecule has 14 heteroatoms. The predicted octanol–water partition coefficient (Wildman–Crippen LogP) is 17.4. The molecule has 0 saturated heterocycles. The highest BCUT2D eigenvalue weighted by molar-refractivity contribution is 6.31. The van der Waals surface area contributed by atoms with Crippen LogP contribution in [0, 0.1) is 0 Å². The van der Waals surface area contributed by atoms with Crippen LogP contribution in [0.1, 0.15) is 122 Å². The van der Waals surface area contributed by atoms with Crippen molar-refractivity contribution < 1.29 is 47.6 Å². The zero-order valence-corrected chi connectivity index (χ0v) is 56.0. The minimum absolute atomic E-state index is 0.00996. The van der Waals surface area contributed by atoms with Crippen LogP contribution in [0.4, 0.5) is 0 Å². The van der Waals surface area contributed by atoms with Crippen molar-refractivity contribution in [3.8, 4) is 67.1 Å². The van der Waals surface area contributed by atoms with Crippen molar-refractivity contribution in [2.75, 3.05) is 39.6 Å². The monoisotopic (exact) mass is 1350 g/mol. The third-order valence-electron chi connectivity index (χ3n) is 19.7. The highest BCUT2D eigenvalue weighted by Crippen LogP contribution is 2.56. The van der Waals surface area contributed by atoms with Gasteiger partial charge in [-0.15, -0.1) is 20.4 Å². The Balaban J connectivity index is 0.576. The molecule has 498 valence electrons. The maximum Gasteiger partial charge on any atom is 0.338 e. The van der Waals surface area contributed by atoms with E-state index in [1.54, 1.807) is 38.1 Å². The van der Waals surface area contributed by atoms with Crippen molar-refractivity contribution in [2.24, 2.45) is 20.4 Å². The van der Waals surface area contributed by atoms with E-state index >= 15 is 0 Å². The van der Waals surface area contributed by atoms with E-state index in [1.807, 2.05) is 170 Å². The molecule has 14 nitrogen and oxygen atoms in total. The Kier molecular flexibility index (Phi) is 16.3. The standard InChI is InChI=1S/C89H62N4O10/c1-3-98-85(94)71-35-17-31-67-77(71)59-23-5-9-27-63(59)81(67)90-92-83-65-29-11-7-25-61(65)79-69(83)33-19-37-73(79)87(96)102-51-49-100-55-45-41-53(42-46-55)89(75-39-15-13-21-57(75)58-22-14-16-40-76(58)89)54-43-47-56(48-44-54)101-50-52-103-88(97)74-38-20-34-70-80(74)62-26-8-12-30-66(62)84(70)93-91-82-64-28-10-6-24-60(64)78-68(82)32-18-36-72(78)86(95)99-4-2/h5-48H,3-4,49-52H2,1-2H3/b90-81+,91-82+,92-83+,93-84+. The second-order valence-electron chi connectivity index (χ2n) is 25.2. The Hall–Kier alpha value is -13.2. The summed E-state index contributed by atoms with van der Waals surface area (Å²) in [6.45, 7) is 4.27. The molecule has 0 atom stereocenters. The molecule has 0 bridgehead atoms. The smallest absolute Gasteiger partial charge is 0.338 e. The van der Waals surface area contributed by atoms with Gasteiger partial charge in [-0.2, -0.15) is 0 Å². The molecule has 0 amide bonds. The lowest BCUT2D eigenvalue weighted by Gasteiger charge is -2.34. The number of nitrogens with zero attached hydrogens (tertiary/aromatic N) is 4. The van der Waals surface area contributed by atoms with Crippen LogP contribution in [0.15, 0.2) is 287 Å². The summed E-state index contributed by atoms with van der Waals surface area (Å²) < 4.78 is 35.5. The maximum absolute atomic E-state index is 14.2. The summed E-state index contributed by atoms with van der Waals surface area (Å²) >= 11 is 0. The topological polar surface area (TPSA) is 173 Å². The first kappa shape index (κ1) is 63.3. The van der Waals surface area contributed by atoms with E-state index in [1.165, 1.54) is 0 Å². The number of carbonyl (C=O) groups excluding carboxylic acids is 4. The summed E-state index contributed by atoms with van der Waals surface area (Å²) in [5.74, 6) is -0.570. The highest BCUT2D eigenvalue weighted by Gasteiger charge is 2.46. The summed E-state index contributed by atoms with van der Waals surface area (Å²) in [7, 11) is 0. The Labute approximate surface area is 593 Å². The van der Waals surface area contributed by atoms with Gasteiger partial charge >= 0.3 is 23.9 Å². The van der Waals surface area contributed by atoms with Gasteiger partial charge in [-0.25, -0.2) is 19.2 Å². The molecule has 5 aliphatic rings. The molecular weight excluding hydrogens is 1280 g/mol. The molecule has 0 N–H and O–H groups in total. The summed E-state index contributed by atoms with van der Waals surface area (Å²) in [4.78, 5) is 54.7. The summed E-state index contributed by atoms with van der Waals surface area (Å²) in [6.07, 6.45) is 0. The minimum Gasteiger partial charge on any atom is -0.490 e. The van der Waals surface area contributed by atoms with Gasteiger partial charge in [0.05, 0.1) is 40.9 Å². The van der Waals surface area contributed by atoms with Gasteiger partial charge in [0.25, 0.3) is 0 Å². The number of ether oxygens (including phenoxy) is 6. The van der Waals surface area contributed by atoms with Crippen molar-refractivity contribution >= 4 is 46.7 Å². The van der Waals surface area contributed by atoms with E-state index in [0.717, 1.165) is 111 Å². The summed E-state index contributed by atoms with van der Waals surface area (Å²) in [6, 6.07) is 86.8. The molecule has 12 aromatic carbocycles. The molecule has 0 spiro atoms. The average molecular weight is 1350 g/mol. The Morgan fingerprint density at radius 3 is 0.806 bits per heavy atom. The first-order chi connectivity index (χ1) is 50.7. The summed E-state index contributed by atoms with van der Waals surface area (Å²) in [5.41, 5.74) is 22.9. The fraction of sp³-hybridized carbons (Fsp3) is 0.101.